The molecule has 0 fully saturated rings. The summed E-state index contributed by atoms with van der Waals surface area (Å²) in [5.41, 5.74) is 1.33. The minimum absolute atomic E-state index is 0.197. The molecule has 2 aromatic carbocycles. The third-order valence-electron chi connectivity index (χ3n) is 5.34. The fourth-order valence-electron chi connectivity index (χ4n) is 3.14. The van der Waals surface area contributed by atoms with Gasteiger partial charge in [-0.2, -0.15) is 0 Å². The minimum atomic E-state index is -1.19. The number of benzene rings is 2. The number of oxime groups is 1. The number of aromatic nitrogens is 1. The van der Waals surface area contributed by atoms with E-state index >= 15 is 0 Å². The highest BCUT2D eigenvalue weighted by atomic mass is 19.1. The summed E-state index contributed by atoms with van der Waals surface area (Å²) in [6.07, 6.45) is 0.255. The van der Waals surface area contributed by atoms with E-state index in [1.165, 1.54) is 19.2 Å². The van der Waals surface area contributed by atoms with E-state index in [2.05, 4.69) is 10.1 Å². The van der Waals surface area contributed by atoms with Crippen molar-refractivity contribution in [1.29, 1.82) is 0 Å². The summed E-state index contributed by atoms with van der Waals surface area (Å²) in [5.74, 6) is 0.325. The molecule has 7 nitrogen and oxygen atoms in total. The summed E-state index contributed by atoms with van der Waals surface area (Å²) < 4.78 is 24.6. The van der Waals surface area contributed by atoms with Crippen LogP contribution in [0.2, 0.25) is 0 Å². The zero-order valence-corrected chi connectivity index (χ0v) is 18.4. The van der Waals surface area contributed by atoms with Crippen molar-refractivity contribution in [3.63, 3.8) is 0 Å². The highest BCUT2D eigenvalue weighted by molar-refractivity contribution is 6.04. The lowest BCUT2D eigenvalue weighted by Gasteiger charge is -2.24. The van der Waals surface area contributed by atoms with Gasteiger partial charge in [0.2, 0.25) is 5.89 Å². The Hall–Kier alpha value is -3.68. The molecule has 32 heavy (non-hydrogen) atoms. The van der Waals surface area contributed by atoms with Crippen molar-refractivity contribution in [2.75, 3.05) is 7.11 Å². The standard InChI is InChI=1S/C24H25FN2O5/c1-15-21(26-22(32-15)18-7-9-19(25)10-8-18)14-31-20-11-5-17(6-12-20)13-24(3,23(28)29)16(2)27-30-4/h5-12H,13-14H2,1-4H3,(H,28,29)/b27-16+. The quantitative estimate of drug-likeness (QED) is 0.371. The molecule has 0 bridgehead atoms. The molecule has 0 aliphatic rings. The van der Waals surface area contributed by atoms with Crippen LogP contribution in [0.4, 0.5) is 4.39 Å². The summed E-state index contributed by atoms with van der Waals surface area (Å²) in [7, 11) is 1.39. The highest BCUT2D eigenvalue weighted by Crippen LogP contribution is 2.27. The first kappa shape index (κ1) is 23.0. The Labute approximate surface area is 185 Å². The molecule has 0 spiro atoms. The fraction of sp³-hybridized carbons (Fsp3) is 0.292. The number of ether oxygens (including phenoxy) is 1. The van der Waals surface area contributed by atoms with E-state index in [0.717, 1.165) is 5.56 Å². The molecule has 0 amide bonds. The second-order valence-electron chi connectivity index (χ2n) is 7.63. The van der Waals surface area contributed by atoms with Gasteiger partial charge in [0.1, 0.15) is 42.2 Å². The maximum atomic E-state index is 13.1. The summed E-state index contributed by atoms with van der Waals surface area (Å²) in [4.78, 5) is 21.0. The number of aliphatic carboxylic acids is 1. The Morgan fingerprint density at radius 2 is 1.84 bits per heavy atom. The van der Waals surface area contributed by atoms with E-state index in [-0.39, 0.29) is 18.8 Å². The Morgan fingerprint density at radius 3 is 2.44 bits per heavy atom. The van der Waals surface area contributed by atoms with Crippen LogP contribution in [0.15, 0.2) is 58.1 Å². The molecule has 1 unspecified atom stereocenters. The second-order valence-corrected chi connectivity index (χ2v) is 7.63. The van der Waals surface area contributed by atoms with Crippen LogP contribution in [0.3, 0.4) is 0 Å². The normalized spacial score (nSPS) is 13.5. The van der Waals surface area contributed by atoms with Crippen molar-refractivity contribution >= 4 is 11.7 Å². The van der Waals surface area contributed by atoms with Gasteiger partial charge in [-0.05, 0) is 69.2 Å². The Bertz CT molecular complexity index is 1110. The number of nitrogens with zero attached hydrogens (tertiary/aromatic N) is 2. The molecule has 0 saturated heterocycles. The molecular formula is C24H25FN2O5. The first-order valence-corrected chi connectivity index (χ1v) is 9.98. The van der Waals surface area contributed by atoms with E-state index in [0.29, 0.717) is 34.4 Å². The Balaban J connectivity index is 1.67. The molecule has 1 heterocycles. The maximum absolute atomic E-state index is 13.1. The number of rotatable bonds is 9. The van der Waals surface area contributed by atoms with Gasteiger partial charge in [0, 0.05) is 5.56 Å². The highest BCUT2D eigenvalue weighted by Gasteiger charge is 2.37. The number of oxazole rings is 1. The van der Waals surface area contributed by atoms with Crippen molar-refractivity contribution in [3.8, 4) is 17.2 Å². The zero-order valence-electron chi connectivity index (χ0n) is 18.4. The van der Waals surface area contributed by atoms with Gasteiger partial charge < -0.3 is 19.1 Å². The van der Waals surface area contributed by atoms with E-state index < -0.39 is 11.4 Å². The second kappa shape index (κ2) is 9.64. The lowest BCUT2D eigenvalue weighted by atomic mass is 9.80. The van der Waals surface area contributed by atoms with Crippen LogP contribution >= 0.6 is 0 Å². The summed E-state index contributed by atoms with van der Waals surface area (Å²) in [6, 6.07) is 13.1. The topological polar surface area (TPSA) is 94.2 Å². The van der Waals surface area contributed by atoms with E-state index in [1.807, 2.05) is 12.1 Å². The number of aryl methyl sites for hydroxylation is 1. The Kier molecular flexibility index (Phi) is 6.92. The van der Waals surface area contributed by atoms with Crippen molar-refractivity contribution in [3.05, 3.63) is 71.4 Å². The fourth-order valence-corrected chi connectivity index (χ4v) is 3.14. The summed E-state index contributed by atoms with van der Waals surface area (Å²) in [5, 5.41) is 13.5. The molecule has 8 heteroatoms. The molecule has 0 aliphatic carbocycles. The largest absolute Gasteiger partial charge is 0.487 e. The number of carboxylic acid groups (broad SMARTS) is 1. The van der Waals surface area contributed by atoms with E-state index in [1.54, 1.807) is 45.0 Å². The number of carboxylic acids is 1. The van der Waals surface area contributed by atoms with Crippen LogP contribution in [0.1, 0.15) is 30.9 Å². The molecule has 3 rings (SSSR count). The molecule has 0 saturated carbocycles. The third kappa shape index (κ3) is 5.14. The van der Waals surface area contributed by atoms with Crippen molar-refractivity contribution in [2.24, 2.45) is 10.6 Å². The zero-order chi connectivity index (χ0) is 23.3. The van der Waals surface area contributed by atoms with Gasteiger partial charge >= 0.3 is 5.97 Å². The van der Waals surface area contributed by atoms with Gasteiger partial charge in [-0.25, -0.2) is 9.37 Å². The van der Waals surface area contributed by atoms with Crippen LogP contribution < -0.4 is 4.74 Å². The summed E-state index contributed by atoms with van der Waals surface area (Å²) >= 11 is 0. The molecule has 3 aromatic rings. The van der Waals surface area contributed by atoms with Gasteiger partial charge in [0.05, 0.1) is 5.71 Å². The van der Waals surface area contributed by atoms with Crippen LogP contribution in [0.25, 0.3) is 11.5 Å². The number of hydrogen-bond acceptors (Lipinski definition) is 6. The van der Waals surface area contributed by atoms with Gasteiger partial charge in [-0.15, -0.1) is 0 Å². The monoisotopic (exact) mass is 440 g/mol. The van der Waals surface area contributed by atoms with E-state index in [9.17, 15) is 14.3 Å². The first-order chi connectivity index (χ1) is 15.2. The molecule has 1 atom stereocenters. The smallest absolute Gasteiger partial charge is 0.315 e. The number of halogens is 1. The third-order valence-corrected chi connectivity index (χ3v) is 5.34. The minimum Gasteiger partial charge on any atom is -0.487 e. The molecule has 0 radical (unpaired) electrons. The molecular weight excluding hydrogens is 415 g/mol. The molecule has 1 aromatic heterocycles. The number of carbonyl (C=O) groups is 1. The first-order valence-electron chi connectivity index (χ1n) is 9.98. The van der Waals surface area contributed by atoms with Crippen LogP contribution in [0.5, 0.6) is 5.75 Å². The van der Waals surface area contributed by atoms with Crippen LogP contribution in [-0.2, 0) is 22.7 Å². The maximum Gasteiger partial charge on any atom is 0.315 e. The average Bonchev–Trinajstić information content (AvgIpc) is 3.14. The van der Waals surface area contributed by atoms with Crippen molar-refractivity contribution in [1.82, 2.24) is 4.98 Å². The van der Waals surface area contributed by atoms with Gasteiger partial charge in [0.25, 0.3) is 0 Å². The van der Waals surface area contributed by atoms with Crippen LogP contribution in [0, 0.1) is 18.2 Å². The molecule has 168 valence electrons. The molecule has 1 N–H and O–H groups in total. The number of hydrogen-bond donors (Lipinski definition) is 1. The lowest BCUT2D eigenvalue weighted by Crippen LogP contribution is -2.37. The van der Waals surface area contributed by atoms with Crippen molar-refractivity contribution < 1.29 is 28.3 Å². The lowest BCUT2D eigenvalue weighted by molar-refractivity contribution is -0.144. The van der Waals surface area contributed by atoms with Gasteiger partial charge in [-0.3, -0.25) is 4.79 Å². The SMILES string of the molecule is CO/N=C(\C)C(C)(Cc1ccc(OCc2nc(-c3ccc(F)cc3)oc2C)cc1)C(=O)O. The molecule has 0 aliphatic heterocycles. The van der Waals surface area contributed by atoms with E-state index in [4.69, 9.17) is 14.0 Å². The average molecular weight is 440 g/mol. The van der Waals surface area contributed by atoms with Crippen molar-refractivity contribution in [2.45, 2.75) is 33.8 Å². The summed E-state index contributed by atoms with van der Waals surface area (Å²) in [6.45, 7) is 5.24. The van der Waals surface area contributed by atoms with Crippen LogP contribution in [-0.4, -0.2) is 28.9 Å². The Morgan fingerprint density at radius 1 is 1.19 bits per heavy atom. The predicted octanol–water partition coefficient (Wildman–Crippen LogP) is 5.02. The van der Waals surface area contributed by atoms with Gasteiger partial charge in [0.15, 0.2) is 0 Å². The predicted molar refractivity (Wildman–Crippen MR) is 117 cm³/mol. The van der Waals surface area contributed by atoms with Gasteiger partial charge in [-0.1, -0.05) is 17.3 Å².